The summed E-state index contributed by atoms with van der Waals surface area (Å²) >= 11 is 0. The second kappa shape index (κ2) is 16.1. The Morgan fingerprint density at radius 1 is 0.917 bits per heavy atom. The molecule has 2 amide bonds. The van der Waals surface area contributed by atoms with E-state index in [1.54, 1.807) is 44.0 Å². The standard InChI is InChI=1S/C38H45N5O5/c1-27-34(17-18-36(44)39-19-22-42-20-9-10-21-42)38(43(40-27)30-11-7-6-8-12-30)48-31-15-13-29(14-16-31)35(37(45)41(2)3)25-28-23-32(46-4)26-33(24-28)47-5/h6-8,11-16,23-26H,9-10,17-22H2,1-5H3,(H,39,44). The van der Waals surface area contributed by atoms with Crippen LogP contribution in [0.5, 0.6) is 23.1 Å². The van der Waals surface area contributed by atoms with Crippen molar-refractivity contribution in [3.05, 3.63) is 95.2 Å². The van der Waals surface area contributed by atoms with Crippen LogP contribution in [-0.4, -0.2) is 85.9 Å². The van der Waals surface area contributed by atoms with E-state index in [2.05, 4.69) is 10.2 Å². The predicted octanol–water partition coefficient (Wildman–Crippen LogP) is 5.76. The fraction of sp³-hybridized carbons (Fsp3) is 0.342. The molecule has 1 fully saturated rings. The highest BCUT2D eigenvalue weighted by atomic mass is 16.5. The molecule has 1 N–H and O–H groups in total. The van der Waals surface area contributed by atoms with Gasteiger partial charge in [0.25, 0.3) is 5.91 Å². The largest absolute Gasteiger partial charge is 0.497 e. The zero-order valence-corrected chi connectivity index (χ0v) is 28.5. The molecule has 1 aliphatic heterocycles. The summed E-state index contributed by atoms with van der Waals surface area (Å²) in [5, 5.41) is 7.88. The normalized spacial score (nSPS) is 13.3. The number of hydrogen-bond donors (Lipinski definition) is 1. The summed E-state index contributed by atoms with van der Waals surface area (Å²) in [6.45, 7) is 5.68. The molecule has 48 heavy (non-hydrogen) atoms. The molecule has 10 nitrogen and oxygen atoms in total. The first-order valence-electron chi connectivity index (χ1n) is 16.3. The van der Waals surface area contributed by atoms with Gasteiger partial charge in [-0.15, -0.1) is 0 Å². The van der Waals surface area contributed by atoms with Crippen molar-refractivity contribution in [3.8, 4) is 28.8 Å². The van der Waals surface area contributed by atoms with Gasteiger partial charge < -0.3 is 29.3 Å². The molecule has 0 radical (unpaired) electrons. The number of aromatic nitrogens is 2. The van der Waals surface area contributed by atoms with E-state index in [9.17, 15) is 9.59 Å². The number of likely N-dealkylation sites (N-methyl/N-ethyl adjacent to an activating group) is 1. The molecule has 0 aliphatic carbocycles. The summed E-state index contributed by atoms with van der Waals surface area (Å²) in [6, 6.07) is 22.7. The van der Waals surface area contributed by atoms with E-state index in [1.165, 1.54) is 12.8 Å². The number of nitrogens with zero attached hydrogens (tertiary/aromatic N) is 4. The molecule has 252 valence electrons. The van der Waals surface area contributed by atoms with Crippen LogP contribution in [0.2, 0.25) is 0 Å². The van der Waals surface area contributed by atoms with Crippen LogP contribution >= 0.6 is 0 Å². The molecule has 0 atom stereocenters. The third-order valence-electron chi connectivity index (χ3n) is 8.39. The molecule has 0 saturated carbocycles. The molecule has 1 saturated heterocycles. The van der Waals surface area contributed by atoms with Gasteiger partial charge in [-0.2, -0.15) is 5.10 Å². The van der Waals surface area contributed by atoms with Gasteiger partial charge in [0.2, 0.25) is 11.8 Å². The zero-order chi connectivity index (χ0) is 34.0. The fourth-order valence-electron chi connectivity index (χ4n) is 5.76. The number of hydrogen-bond acceptors (Lipinski definition) is 7. The van der Waals surface area contributed by atoms with Crippen LogP contribution in [-0.2, 0) is 16.0 Å². The Kier molecular flexibility index (Phi) is 11.5. The van der Waals surface area contributed by atoms with Crippen molar-refractivity contribution < 1.29 is 23.8 Å². The van der Waals surface area contributed by atoms with Crippen LogP contribution in [0.4, 0.5) is 0 Å². The predicted molar refractivity (Wildman–Crippen MR) is 188 cm³/mol. The number of likely N-dealkylation sites (tertiary alicyclic amines) is 1. The smallest absolute Gasteiger partial charge is 0.253 e. The van der Waals surface area contributed by atoms with Gasteiger partial charge in [-0.25, -0.2) is 4.68 Å². The highest BCUT2D eigenvalue weighted by Gasteiger charge is 2.21. The van der Waals surface area contributed by atoms with Gasteiger partial charge in [0.1, 0.15) is 17.2 Å². The minimum Gasteiger partial charge on any atom is -0.497 e. The lowest BCUT2D eigenvalue weighted by atomic mass is 10.0. The third-order valence-corrected chi connectivity index (χ3v) is 8.39. The van der Waals surface area contributed by atoms with Crippen molar-refractivity contribution in [2.45, 2.75) is 32.6 Å². The van der Waals surface area contributed by atoms with Crippen LogP contribution in [0.15, 0.2) is 72.8 Å². The molecule has 0 unspecified atom stereocenters. The lowest BCUT2D eigenvalue weighted by Crippen LogP contribution is -2.33. The van der Waals surface area contributed by atoms with Crippen molar-refractivity contribution in [1.29, 1.82) is 0 Å². The minimum atomic E-state index is -0.149. The molecule has 1 aliphatic rings. The Balaban J connectivity index is 1.39. The van der Waals surface area contributed by atoms with E-state index in [0.29, 0.717) is 48.1 Å². The first kappa shape index (κ1) is 34.3. The van der Waals surface area contributed by atoms with Crippen LogP contribution in [0.25, 0.3) is 17.3 Å². The molecular formula is C38H45N5O5. The molecule has 10 heteroatoms. The van der Waals surface area contributed by atoms with E-state index in [0.717, 1.165) is 47.7 Å². The monoisotopic (exact) mass is 651 g/mol. The zero-order valence-electron chi connectivity index (χ0n) is 28.5. The average Bonchev–Trinajstić information content (AvgIpc) is 3.73. The quantitative estimate of drug-likeness (QED) is 0.137. The molecular weight excluding hydrogens is 606 g/mol. The van der Waals surface area contributed by atoms with Crippen LogP contribution in [0.3, 0.4) is 0 Å². The summed E-state index contributed by atoms with van der Waals surface area (Å²) in [5.74, 6) is 2.24. The van der Waals surface area contributed by atoms with Crippen molar-refractivity contribution in [3.63, 3.8) is 0 Å². The maximum absolute atomic E-state index is 13.4. The number of amides is 2. The first-order chi connectivity index (χ1) is 23.2. The minimum absolute atomic E-state index is 0.00916. The van der Waals surface area contributed by atoms with E-state index >= 15 is 0 Å². The van der Waals surface area contributed by atoms with Crippen LogP contribution in [0.1, 0.15) is 41.6 Å². The van der Waals surface area contributed by atoms with E-state index in [4.69, 9.17) is 19.3 Å². The summed E-state index contributed by atoms with van der Waals surface area (Å²) in [5.41, 5.74) is 4.51. The number of aryl methyl sites for hydroxylation is 1. The van der Waals surface area contributed by atoms with Gasteiger partial charge in [-0.3, -0.25) is 9.59 Å². The Labute approximate surface area is 282 Å². The Bertz CT molecular complexity index is 1700. The Hall–Kier alpha value is -5.09. The van der Waals surface area contributed by atoms with Gasteiger partial charge in [0.15, 0.2) is 0 Å². The van der Waals surface area contributed by atoms with Gasteiger partial charge in [0.05, 0.1) is 25.6 Å². The Morgan fingerprint density at radius 3 is 2.21 bits per heavy atom. The summed E-state index contributed by atoms with van der Waals surface area (Å²) < 4.78 is 19.2. The van der Waals surface area contributed by atoms with Gasteiger partial charge in [-0.05, 0) is 92.9 Å². The number of carbonyl (C=O) groups excluding carboxylic acids is 2. The number of para-hydroxylation sites is 1. The molecule has 4 aromatic rings. The number of benzene rings is 3. The van der Waals surface area contributed by atoms with Crippen LogP contribution in [0, 0.1) is 6.92 Å². The summed E-state index contributed by atoms with van der Waals surface area (Å²) in [7, 11) is 6.63. The second-order valence-corrected chi connectivity index (χ2v) is 12.0. The first-order valence-corrected chi connectivity index (χ1v) is 16.3. The highest BCUT2D eigenvalue weighted by molar-refractivity contribution is 6.24. The molecule has 3 aromatic carbocycles. The van der Waals surface area contributed by atoms with E-state index < -0.39 is 0 Å². The van der Waals surface area contributed by atoms with Crippen molar-refractivity contribution in [2.75, 3.05) is 54.5 Å². The molecule has 0 spiro atoms. The maximum atomic E-state index is 13.4. The Morgan fingerprint density at radius 2 is 1.58 bits per heavy atom. The lowest BCUT2D eigenvalue weighted by Gasteiger charge is -2.16. The second-order valence-electron chi connectivity index (χ2n) is 12.0. The molecule has 1 aromatic heterocycles. The average molecular weight is 652 g/mol. The number of nitrogens with one attached hydrogen (secondary N) is 1. The maximum Gasteiger partial charge on any atom is 0.253 e. The topological polar surface area (TPSA) is 98.2 Å². The van der Waals surface area contributed by atoms with Gasteiger partial charge in [0, 0.05) is 50.8 Å². The van der Waals surface area contributed by atoms with E-state index in [1.807, 2.05) is 79.7 Å². The lowest BCUT2D eigenvalue weighted by molar-refractivity contribution is -0.122. The summed E-state index contributed by atoms with van der Waals surface area (Å²) in [6.07, 6.45) is 5.10. The summed E-state index contributed by atoms with van der Waals surface area (Å²) in [4.78, 5) is 30.1. The number of rotatable bonds is 14. The van der Waals surface area contributed by atoms with Gasteiger partial charge >= 0.3 is 0 Å². The molecule has 0 bridgehead atoms. The molecule has 2 heterocycles. The highest BCUT2D eigenvalue weighted by Crippen LogP contribution is 2.33. The number of ether oxygens (including phenoxy) is 3. The van der Waals surface area contributed by atoms with Crippen molar-refractivity contribution in [1.82, 2.24) is 24.9 Å². The van der Waals surface area contributed by atoms with Gasteiger partial charge in [-0.1, -0.05) is 30.3 Å². The fourth-order valence-corrected chi connectivity index (χ4v) is 5.76. The SMILES string of the molecule is COc1cc(C=C(C(=O)N(C)C)c2ccc(Oc3c(CCC(=O)NCCN4CCCC4)c(C)nn3-c3ccccc3)cc2)cc(OC)c1. The van der Waals surface area contributed by atoms with E-state index in [-0.39, 0.29) is 11.8 Å². The number of carbonyl (C=O) groups is 2. The third kappa shape index (κ3) is 8.63. The van der Waals surface area contributed by atoms with Crippen molar-refractivity contribution in [2.24, 2.45) is 0 Å². The van der Waals surface area contributed by atoms with Crippen LogP contribution < -0.4 is 19.5 Å². The number of methoxy groups -OCH3 is 2. The van der Waals surface area contributed by atoms with Crippen molar-refractivity contribution >= 4 is 23.5 Å². The molecule has 5 rings (SSSR count).